The van der Waals surface area contributed by atoms with Crippen LogP contribution < -0.4 is 15.2 Å². The molecule has 6 heteroatoms. The average molecular weight is 399 g/mol. The second-order valence-electron chi connectivity index (χ2n) is 6.86. The predicted octanol–water partition coefficient (Wildman–Crippen LogP) is 3.52. The number of hydrogen-bond donors (Lipinski definition) is 1. The fourth-order valence-electron chi connectivity index (χ4n) is 3.51. The zero-order valence-electron chi connectivity index (χ0n) is 16.3. The Morgan fingerprint density at radius 2 is 1.53 bits per heavy atom. The minimum Gasteiger partial charge on any atom is -0.543 e. The SMILES string of the molecule is Cn1c(C(=O)[O-])c(CC(=O)Nc2ccc(Oc3ccccc3)cc2)c2ccccc21. The predicted molar refractivity (Wildman–Crippen MR) is 113 cm³/mol. The number of carboxylic acid groups (broad SMARTS) is 1. The number of rotatable bonds is 6. The Morgan fingerprint density at radius 1 is 0.900 bits per heavy atom. The maximum atomic E-state index is 12.6. The lowest BCUT2D eigenvalue weighted by Crippen LogP contribution is -2.27. The second kappa shape index (κ2) is 8.13. The molecular weight excluding hydrogens is 380 g/mol. The number of carboxylic acids is 1. The zero-order valence-corrected chi connectivity index (χ0v) is 16.3. The van der Waals surface area contributed by atoms with Crippen molar-refractivity contribution in [2.45, 2.75) is 6.42 Å². The summed E-state index contributed by atoms with van der Waals surface area (Å²) in [5, 5.41) is 15.2. The number of ether oxygens (including phenoxy) is 1. The monoisotopic (exact) mass is 399 g/mol. The molecular formula is C24H19N2O4-. The van der Waals surface area contributed by atoms with Gasteiger partial charge in [0.2, 0.25) is 5.91 Å². The molecule has 4 aromatic rings. The molecule has 0 saturated carbocycles. The summed E-state index contributed by atoms with van der Waals surface area (Å²) in [7, 11) is 1.65. The molecule has 0 spiro atoms. The summed E-state index contributed by atoms with van der Waals surface area (Å²) in [6.07, 6.45) is -0.0765. The van der Waals surface area contributed by atoms with Crippen LogP contribution in [0, 0.1) is 0 Å². The molecule has 0 bridgehead atoms. The second-order valence-corrected chi connectivity index (χ2v) is 6.86. The number of amides is 1. The van der Waals surface area contributed by atoms with Crippen LogP contribution in [0.2, 0.25) is 0 Å². The fourth-order valence-corrected chi connectivity index (χ4v) is 3.51. The van der Waals surface area contributed by atoms with Crippen LogP contribution >= 0.6 is 0 Å². The molecule has 1 N–H and O–H groups in total. The zero-order chi connectivity index (χ0) is 21.1. The molecule has 0 aliphatic heterocycles. The van der Waals surface area contributed by atoms with E-state index in [-0.39, 0.29) is 18.0 Å². The van der Waals surface area contributed by atoms with Crippen molar-refractivity contribution in [3.63, 3.8) is 0 Å². The summed E-state index contributed by atoms with van der Waals surface area (Å²) in [6.45, 7) is 0. The van der Waals surface area contributed by atoms with Gasteiger partial charge in [-0.2, -0.15) is 0 Å². The van der Waals surface area contributed by atoms with Gasteiger partial charge in [-0.1, -0.05) is 36.4 Å². The summed E-state index contributed by atoms with van der Waals surface area (Å²) in [5.74, 6) is -0.253. The Balaban J connectivity index is 1.50. The lowest BCUT2D eigenvalue weighted by molar-refractivity contribution is -0.255. The molecule has 0 aliphatic carbocycles. The van der Waals surface area contributed by atoms with Gasteiger partial charge in [-0.3, -0.25) is 4.79 Å². The maximum Gasteiger partial charge on any atom is 0.228 e. The summed E-state index contributed by atoms with van der Waals surface area (Å²) < 4.78 is 7.28. The molecule has 1 amide bonds. The Morgan fingerprint density at radius 3 is 2.23 bits per heavy atom. The number of aromatic carboxylic acids is 1. The Labute approximate surface area is 173 Å². The van der Waals surface area contributed by atoms with Gasteiger partial charge in [0.05, 0.1) is 18.1 Å². The molecule has 30 heavy (non-hydrogen) atoms. The van der Waals surface area contributed by atoms with E-state index in [0.717, 1.165) is 16.7 Å². The molecule has 0 radical (unpaired) electrons. The molecule has 4 rings (SSSR count). The summed E-state index contributed by atoms with van der Waals surface area (Å²) in [5.41, 5.74) is 1.78. The topological polar surface area (TPSA) is 83.4 Å². The van der Waals surface area contributed by atoms with Crippen molar-refractivity contribution in [3.05, 3.63) is 90.1 Å². The number of hydrogen-bond acceptors (Lipinski definition) is 4. The van der Waals surface area contributed by atoms with E-state index in [4.69, 9.17) is 4.74 Å². The highest BCUT2D eigenvalue weighted by molar-refractivity contribution is 6.02. The molecule has 1 aromatic heterocycles. The Kier molecular flexibility index (Phi) is 5.22. The molecule has 6 nitrogen and oxygen atoms in total. The standard InChI is InChI=1S/C24H20N2O4/c1-26-21-10-6-5-9-19(21)20(23(26)24(28)29)15-22(27)25-16-11-13-18(14-12-16)30-17-7-3-2-4-8-17/h2-14H,15H2,1H3,(H,25,27)(H,28,29)/p-1. The first-order valence-corrected chi connectivity index (χ1v) is 9.43. The van der Waals surface area contributed by atoms with E-state index in [1.165, 1.54) is 0 Å². The van der Waals surface area contributed by atoms with Crippen LogP contribution in [-0.4, -0.2) is 16.4 Å². The number of aryl methyl sites for hydroxylation is 1. The maximum absolute atomic E-state index is 12.6. The van der Waals surface area contributed by atoms with E-state index in [1.807, 2.05) is 48.5 Å². The average Bonchev–Trinajstić information content (AvgIpc) is 3.02. The van der Waals surface area contributed by atoms with Gasteiger partial charge in [0.25, 0.3) is 0 Å². The number of nitrogens with one attached hydrogen (secondary N) is 1. The van der Waals surface area contributed by atoms with E-state index in [0.29, 0.717) is 17.0 Å². The van der Waals surface area contributed by atoms with Crippen molar-refractivity contribution in [1.29, 1.82) is 0 Å². The number of carbonyl (C=O) groups is 2. The molecule has 0 fully saturated rings. The van der Waals surface area contributed by atoms with Crippen molar-refractivity contribution in [3.8, 4) is 11.5 Å². The van der Waals surface area contributed by atoms with Gasteiger partial charge >= 0.3 is 0 Å². The molecule has 0 atom stereocenters. The quantitative estimate of drug-likeness (QED) is 0.538. The van der Waals surface area contributed by atoms with Crippen molar-refractivity contribution >= 4 is 28.5 Å². The summed E-state index contributed by atoms with van der Waals surface area (Å²) in [4.78, 5) is 24.3. The number of anilines is 1. The Bertz CT molecular complexity index is 1210. The highest BCUT2D eigenvalue weighted by Gasteiger charge is 2.18. The third-order valence-electron chi connectivity index (χ3n) is 4.86. The van der Waals surface area contributed by atoms with Crippen molar-refractivity contribution in [2.24, 2.45) is 7.05 Å². The van der Waals surface area contributed by atoms with Gasteiger partial charge in [0.15, 0.2) is 0 Å². The van der Waals surface area contributed by atoms with Crippen LogP contribution in [0.15, 0.2) is 78.9 Å². The summed E-state index contributed by atoms with van der Waals surface area (Å²) >= 11 is 0. The smallest absolute Gasteiger partial charge is 0.228 e. The minimum absolute atomic E-state index is 0.0120. The highest BCUT2D eigenvalue weighted by Crippen LogP contribution is 2.26. The van der Waals surface area contributed by atoms with Crippen LogP contribution in [-0.2, 0) is 18.3 Å². The molecule has 0 aliphatic rings. The van der Waals surface area contributed by atoms with Gasteiger partial charge in [-0.15, -0.1) is 0 Å². The van der Waals surface area contributed by atoms with E-state index in [1.54, 1.807) is 41.9 Å². The minimum atomic E-state index is -1.31. The van der Waals surface area contributed by atoms with Crippen molar-refractivity contribution < 1.29 is 19.4 Å². The van der Waals surface area contributed by atoms with Crippen LogP contribution in [0.4, 0.5) is 5.69 Å². The number of benzene rings is 3. The van der Waals surface area contributed by atoms with Gasteiger partial charge in [0, 0.05) is 23.6 Å². The van der Waals surface area contributed by atoms with Crippen molar-refractivity contribution in [1.82, 2.24) is 4.57 Å². The Hall–Kier alpha value is -4.06. The van der Waals surface area contributed by atoms with Gasteiger partial charge in [-0.25, -0.2) is 0 Å². The van der Waals surface area contributed by atoms with E-state index < -0.39 is 5.97 Å². The van der Waals surface area contributed by atoms with Crippen LogP contribution in [0.5, 0.6) is 11.5 Å². The van der Waals surface area contributed by atoms with E-state index in [2.05, 4.69) is 5.32 Å². The first-order chi connectivity index (χ1) is 14.5. The largest absolute Gasteiger partial charge is 0.543 e. The number of nitrogens with zero attached hydrogens (tertiary/aromatic N) is 1. The molecule has 1 heterocycles. The molecule has 0 saturated heterocycles. The fraction of sp³-hybridized carbons (Fsp3) is 0.0833. The van der Waals surface area contributed by atoms with Gasteiger partial charge < -0.3 is 24.5 Å². The molecule has 150 valence electrons. The van der Waals surface area contributed by atoms with Crippen LogP contribution in [0.3, 0.4) is 0 Å². The summed E-state index contributed by atoms with van der Waals surface area (Å²) in [6, 6.07) is 23.6. The lowest BCUT2D eigenvalue weighted by atomic mass is 10.1. The normalized spacial score (nSPS) is 10.7. The van der Waals surface area contributed by atoms with Crippen LogP contribution in [0.1, 0.15) is 16.1 Å². The first kappa shape index (κ1) is 19.3. The van der Waals surface area contributed by atoms with Gasteiger partial charge in [0.1, 0.15) is 11.5 Å². The number of carbonyl (C=O) groups excluding carboxylic acids is 2. The number of fused-ring (bicyclic) bond motifs is 1. The van der Waals surface area contributed by atoms with Crippen LogP contribution in [0.25, 0.3) is 10.9 Å². The van der Waals surface area contributed by atoms with E-state index in [9.17, 15) is 14.7 Å². The molecule has 0 unspecified atom stereocenters. The highest BCUT2D eigenvalue weighted by atomic mass is 16.5. The third kappa shape index (κ3) is 3.89. The van der Waals surface area contributed by atoms with Gasteiger partial charge in [-0.05, 0) is 48.0 Å². The lowest BCUT2D eigenvalue weighted by Gasteiger charge is -2.10. The number of aromatic nitrogens is 1. The molecule has 3 aromatic carbocycles. The van der Waals surface area contributed by atoms with Crippen molar-refractivity contribution in [2.75, 3.05) is 5.32 Å². The number of para-hydroxylation sites is 2. The third-order valence-corrected chi connectivity index (χ3v) is 4.86. The first-order valence-electron chi connectivity index (χ1n) is 9.43. The van der Waals surface area contributed by atoms with E-state index >= 15 is 0 Å².